The molecule has 1 aromatic carbocycles. The lowest BCUT2D eigenvalue weighted by Gasteiger charge is -2.12. The molecule has 0 aliphatic carbocycles. The molecule has 3 rings (SSSR count). The van der Waals surface area contributed by atoms with Crippen molar-refractivity contribution in [2.75, 3.05) is 12.4 Å². The number of hydrogen-bond donors (Lipinski definition) is 1. The number of aromatic nitrogens is 3. The van der Waals surface area contributed by atoms with Gasteiger partial charge in [-0.1, -0.05) is 0 Å². The summed E-state index contributed by atoms with van der Waals surface area (Å²) in [5.74, 6) is 0.477. The highest BCUT2D eigenvalue weighted by atomic mass is 32.1. The average Bonchev–Trinajstić information content (AvgIpc) is 3.07. The molecular weight excluding hydrogens is 336 g/mol. The van der Waals surface area contributed by atoms with Gasteiger partial charge in [0, 0.05) is 17.4 Å². The van der Waals surface area contributed by atoms with Crippen LogP contribution in [0.15, 0.2) is 24.3 Å². The molecule has 6 nitrogen and oxygen atoms in total. The number of methoxy groups -OCH3 is 1. The summed E-state index contributed by atoms with van der Waals surface area (Å²) in [5.41, 5.74) is 4.19. The van der Waals surface area contributed by atoms with Crippen LogP contribution in [0, 0.1) is 27.7 Å². The Bertz CT molecular complexity index is 943. The number of ether oxygens (including phenoxy) is 1. The molecule has 1 N–H and O–H groups in total. The van der Waals surface area contributed by atoms with Crippen molar-refractivity contribution in [3.63, 3.8) is 0 Å². The van der Waals surface area contributed by atoms with Gasteiger partial charge < -0.3 is 10.1 Å². The van der Waals surface area contributed by atoms with Crippen LogP contribution >= 0.6 is 11.3 Å². The van der Waals surface area contributed by atoms with Crippen LogP contribution in [0.1, 0.15) is 31.8 Å². The summed E-state index contributed by atoms with van der Waals surface area (Å²) in [5, 5.41) is 8.27. The zero-order valence-electron chi connectivity index (χ0n) is 14.9. The van der Waals surface area contributed by atoms with E-state index in [2.05, 4.69) is 15.4 Å². The van der Waals surface area contributed by atoms with Crippen molar-refractivity contribution in [3.8, 4) is 11.4 Å². The lowest BCUT2D eigenvalue weighted by molar-refractivity contribution is 0.103. The Kier molecular flexibility index (Phi) is 4.59. The molecule has 0 bridgehead atoms. The van der Waals surface area contributed by atoms with Gasteiger partial charge >= 0.3 is 0 Å². The molecule has 0 aliphatic heterocycles. The zero-order chi connectivity index (χ0) is 18.1. The van der Waals surface area contributed by atoms with E-state index in [0.29, 0.717) is 16.3 Å². The van der Waals surface area contributed by atoms with Crippen LogP contribution in [-0.2, 0) is 0 Å². The molecule has 0 radical (unpaired) electrons. The predicted octanol–water partition coefficient (Wildman–Crippen LogP) is 3.82. The van der Waals surface area contributed by atoms with Crippen LogP contribution in [-0.4, -0.2) is 27.8 Å². The number of nitrogens with zero attached hydrogens (tertiary/aromatic N) is 3. The molecule has 0 spiro atoms. The predicted molar refractivity (Wildman–Crippen MR) is 99.1 cm³/mol. The Balaban J connectivity index is 1.90. The number of rotatable bonds is 4. The van der Waals surface area contributed by atoms with Crippen LogP contribution in [0.3, 0.4) is 0 Å². The molecule has 0 fully saturated rings. The number of aryl methyl sites for hydroxylation is 4. The summed E-state index contributed by atoms with van der Waals surface area (Å²) in [6.07, 6.45) is 0. The quantitative estimate of drug-likeness (QED) is 0.771. The van der Waals surface area contributed by atoms with Gasteiger partial charge in [0.15, 0.2) is 0 Å². The molecule has 3 aromatic rings. The topological polar surface area (TPSA) is 69.0 Å². The molecule has 0 unspecified atom stereocenters. The first kappa shape index (κ1) is 17.2. The Morgan fingerprint density at radius 1 is 1.20 bits per heavy atom. The van der Waals surface area contributed by atoms with Crippen LogP contribution in [0.2, 0.25) is 0 Å². The lowest BCUT2D eigenvalue weighted by Crippen LogP contribution is -2.12. The lowest BCUT2D eigenvalue weighted by atomic mass is 10.2. The molecule has 0 saturated heterocycles. The first-order valence-electron chi connectivity index (χ1n) is 7.86. The minimum Gasteiger partial charge on any atom is -0.494 e. The summed E-state index contributed by atoms with van der Waals surface area (Å²) in [6.45, 7) is 7.67. The molecule has 0 aliphatic rings. The number of carbonyl (C=O) groups is 1. The molecule has 0 atom stereocenters. The zero-order valence-corrected chi connectivity index (χ0v) is 15.7. The number of carbonyl (C=O) groups excluding carboxylic acids is 1. The van der Waals surface area contributed by atoms with Crippen LogP contribution in [0.4, 0.5) is 5.69 Å². The second-order valence-corrected chi connectivity index (χ2v) is 7.03. The number of thiazole rings is 1. The van der Waals surface area contributed by atoms with Gasteiger partial charge in [-0.2, -0.15) is 5.10 Å². The van der Waals surface area contributed by atoms with E-state index >= 15 is 0 Å². The third kappa shape index (κ3) is 3.41. The maximum atomic E-state index is 12.5. The van der Waals surface area contributed by atoms with E-state index < -0.39 is 0 Å². The highest BCUT2D eigenvalue weighted by Gasteiger charge is 2.16. The maximum Gasteiger partial charge on any atom is 0.267 e. The monoisotopic (exact) mass is 356 g/mol. The summed E-state index contributed by atoms with van der Waals surface area (Å²) in [7, 11) is 1.60. The van der Waals surface area contributed by atoms with E-state index in [1.165, 1.54) is 11.3 Å². The van der Waals surface area contributed by atoms with Crippen LogP contribution in [0.25, 0.3) is 5.69 Å². The van der Waals surface area contributed by atoms with Gasteiger partial charge in [0.1, 0.15) is 16.3 Å². The maximum absolute atomic E-state index is 12.5. The summed E-state index contributed by atoms with van der Waals surface area (Å²) in [4.78, 5) is 17.4. The van der Waals surface area contributed by atoms with Crippen LogP contribution in [0.5, 0.6) is 5.75 Å². The molecule has 25 heavy (non-hydrogen) atoms. The Labute approximate surface area is 150 Å². The van der Waals surface area contributed by atoms with Gasteiger partial charge in [-0.05, 0) is 45.9 Å². The van der Waals surface area contributed by atoms with Gasteiger partial charge in [0.05, 0.1) is 23.5 Å². The normalized spacial score (nSPS) is 10.8. The smallest absolute Gasteiger partial charge is 0.267 e. The molecule has 0 saturated carbocycles. The van der Waals surface area contributed by atoms with Crippen molar-refractivity contribution in [1.82, 2.24) is 14.8 Å². The standard InChI is InChI=1S/C18H20N4O2S/c1-10-8-11(2)22(21-10)15-7-6-14(9-16(15)24-5)20-18(23)17-12(3)19-13(4)25-17/h6-9H,1-5H3,(H,20,23). The summed E-state index contributed by atoms with van der Waals surface area (Å²) >= 11 is 1.39. The van der Waals surface area contributed by atoms with Crippen LogP contribution < -0.4 is 10.1 Å². The first-order chi connectivity index (χ1) is 11.9. The summed E-state index contributed by atoms with van der Waals surface area (Å²) < 4.78 is 7.33. The molecule has 2 aromatic heterocycles. The third-order valence-electron chi connectivity index (χ3n) is 3.79. The second-order valence-electron chi connectivity index (χ2n) is 5.83. The Morgan fingerprint density at radius 3 is 2.52 bits per heavy atom. The minimum absolute atomic E-state index is 0.163. The average molecular weight is 356 g/mol. The number of benzene rings is 1. The van der Waals surface area contributed by atoms with Crippen molar-refractivity contribution in [3.05, 3.63) is 51.2 Å². The van der Waals surface area contributed by atoms with Crippen molar-refractivity contribution in [1.29, 1.82) is 0 Å². The highest BCUT2D eigenvalue weighted by molar-refractivity contribution is 7.13. The first-order valence-corrected chi connectivity index (χ1v) is 8.67. The van der Waals surface area contributed by atoms with Gasteiger partial charge in [0.2, 0.25) is 0 Å². The van der Waals surface area contributed by atoms with Crippen molar-refractivity contribution >= 4 is 22.9 Å². The molecule has 7 heteroatoms. The third-order valence-corrected chi connectivity index (χ3v) is 4.86. The Hall–Kier alpha value is -2.67. The second kappa shape index (κ2) is 6.68. The van der Waals surface area contributed by atoms with Gasteiger partial charge in [0.25, 0.3) is 5.91 Å². The van der Waals surface area contributed by atoms with E-state index in [1.807, 2.05) is 50.6 Å². The molecule has 2 heterocycles. The van der Waals surface area contributed by atoms with Crippen molar-refractivity contribution < 1.29 is 9.53 Å². The molecule has 130 valence electrons. The van der Waals surface area contributed by atoms with E-state index in [9.17, 15) is 4.79 Å². The fourth-order valence-electron chi connectivity index (χ4n) is 2.73. The van der Waals surface area contributed by atoms with Gasteiger partial charge in [-0.25, -0.2) is 9.67 Å². The SMILES string of the molecule is COc1cc(NC(=O)c2sc(C)nc2C)ccc1-n1nc(C)cc1C. The fraction of sp³-hybridized carbons (Fsp3) is 0.278. The van der Waals surface area contributed by atoms with E-state index in [4.69, 9.17) is 4.74 Å². The van der Waals surface area contributed by atoms with E-state index in [1.54, 1.807) is 13.2 Å². The summed E-state index contributed by atoms with van der Waals surface area (Å²) in [6, 6.07) is 7.53. The largest absolute Gasteiger partial charge is 0.494 e. The number of nitrogens with one attached hydrogen (secondary N) is 1. The number of anilines is 1. The van der Waals surface area contributed by atoms with Gasteiger partial charge in [-0.3, -0.25) is 4.79 Å². The minimum atomic E-state index is -0.163. The number of hydrogen-bond acceptors (Lipinski definition) is 5. The fourth-order valence-corrected chi connectivity index (χ4v) is 3.55. The van der Waals surface area contributed by atoms with Crippen molar-refractivity contribution in [2.24, 2.45) is 0 Å². The van der Waals surface area contributed by atoms with Crippen molar-refractivity contribution in [2.45, 2.75) is 27.7 Å². The van der Waals surface area contributed by atoms with E-state index in [-0.39, 0.29) is 5.91 Å². The van der Waals surface area contributed by atoms with Gasteiger partial charge in [-0.15, -0.1) is 11.3 Å². The Morgan fingerprint density at radius 2 is 1.96 bits per heavy atom. The van der Waals surface area contributed by atoms with E-state index in [0.717, 1.165) is 27.8 Å². The highest BCUT2D eigenvalue weighted by Crippen LogP contribution is 2.28. The number of amides is 1. The molecular formula is C18H20N4O2S. The molecule has 1 amide bonds.